The number of halogens is 2. The number of hydrogen-bond donors (Lipinski definition) is 3. The number of aromatic amines is 1. The molecule has 3 rings (SSSR count). The zero-order chi connectivity index (χ0) is 21.0. The number of aromatic nitrogens is 1. The number of amides is 2. The number of carbonyl (C=O) groups is 3. The fourth-order valence-electron chi connectivity index (χ4n) is 2.54. The number of nitrogens with one attached hydrogen (secondary N) is 3. The number of benzene rings is 2. The van der Waals surface area contributed by atoms with Crippen LogP contribution in [-0.2, 0) is 4.74 Å². The Bertz CT molecular complexity index is 1080. The van der Waals surface area contributed by atoms with Crippen LogP contribution in [0.25, 0.3) is 0 Å². The summed E-state index contributed by atoms with van der Waals surface area (Å²) in [5, 5.41) is 5.27. The van der Waals surface area contributed by atoms with Crippen LogP contribution in [0.15, 0.2) is 54.7 Å². The average molecular weight is 416 g/mol. The Morgan fingerprint density at radius 1 is 0.931 bits per heavy atom. The Morgan fingerprint density at radius 2 is 1.55 bits per heavy atom. The zero-order valence-electron chi connectivity index (χ0n) is 15.1. The van der Waals surface area contributed by atoms with Gasteiger partial charge in [-0.3, -0.25) is 9.59 Å². The van der Waals surface area contributed by atoms with E-state index in [1.54, 1.807) is 24.3 Å². The molecule has 0 aliphatic rings. The second kappa shape index (κ2) is 8.57. The summed E-state index contributed by atoms with van der Waals surface area (Å²) in [6, 6.07) is 11.2. The van der Waals surface area contributed by atoms with E-state index < -0.39 is 23.6 Å². The van der Waals surface area contributed by atoms with Crippen molar-refractivity contribution in [2.75, 3.05) is 17.7 Å². The fraction of sp³-hybridized carbons (Fsp3) is 0.0500. The lowest BCUT2D eigenvalue weighted by molar-refractivity contribution is 0.0597. The van der Waals surface area contributed by atoms with Crippen LogP contribution in [0.5, 0.6) is 0 Å². The minimum absolute atomic E-state index is 0.00117. The van der Waals surface area contributed by atoms with E-state index in [0.717, 1.165) is 12.1 Å². The summed E-state index contributed by atoms with van der Waals surface area (Å²) in [6.45, 7) is 0. The minimum atomic E-state index is -0.631. The summed E-state index contributed by atoms with van der Waals surface area (Å²) >= 11 is 5.88. The number of hydrogen-bond acceptors (Lipinski definition) is 4. The third-order valence-electron chi connectivity index (χ3n) is 3.96. The standard InChI is InChI=1S/C20H15ClFN3O4/c1-29-20(28)15-8-9-23-17(15)19(27)25-13-5-3-12(4-6-13)24-18(26)14-7-2-11(22)10-16(14)21/h2-10,23H,1H3,(H,24,26)(H,25,27). The maximum absolute atomic E-state index is 13.1. The third kappa shape index (κ3) is 4.61. The SMILES string of the molecule is COC(=O)c1cc[nH]c1C(=O)Nc1ccc(NC(=O)c2ccc(F)cc2Cl)cc1. The molecule has 0 spiro atoms. The van der Waals surface area contributed by atoms with E-state index in [1.807, 2.05) is 0 Å². The van der Waals surface area contributed by atoms with Crippen molar-refractivity contribution in [2.45, 2.75) is 0 Å². The molecule has 0 bridgehead atoms. The lowest BCUT2D eigenvalue weighted by Crippen LogP contribution is -2.17. The molecule has 0 saturated carbocycles. The second-order valence-electron chi connectivity index (χ2n) is 5.87. The highest BCUT2D eigenvalue weighted by molar-refractivity contribution is 6.34. The van der Waals surface area contributed by atoms with E-state index in [2.05, 4.69) is 20.4 Å². The van der Waals surface area contributed by atoms with Gasteiger partial charge in [-0.15, -0.1) is 0 Å². The summed E-state index contributed by atoms with van der Waals surface area (Å²) < 4.78 is 17.7. The van der Waals surface area contributed by atoms with E-state index in [-0.39, 0.29) is 21.8 Å². The molecular weight excluding hydrogens is 401 g/mol. The molecule has 0 radical (unpaired) electrons. The zero-order valence-corrected chi connectivity index (χ0v) is 15.8. The number of esters is 1. The summed E-state index contributed by atoms with van der Waals surface area (Å²) in [4.78, 5) is 39.0. The number of anilines is 2. The molecule has 0 unspecified atom stereocenters. The summed E-state index contributed by atoms with van der Waals surface area (Å²) in [5.41, 5.74) is 1.21. The van der Waals surface area contributed by atoms with Gasteiger partial charge in [-0.25, -0.2) is 9.18 Å². The van der Waals surface area contributed by atoms with Crippen LogP contribution in [0.1, 0.15) is 31.2 Å². The van der Waals surface area contributed by atoms with E-state index >= 15 is 0 Å². The van der Waals surface area contributed by atoms with Crippen LogP contribution in [0.4, 0.5) is 15.8 Å². The number of ether oxygens (including phenoxy) is 1. The molecule has 1 aromatic heterocycles. The van der Waals surface area contributed by atoms with Gasteiger partial charge in [0, 0.05) is 17.6 Å². The topological polar surface area (TPSA) is 100 Å². The maximum atomic E-state index is 13.1. The molecule has 148 valence electrons. The molecule has 2 amide bonds. The Morgan fingerprint density at radius 3 is 2.14 bits per heavy atom. The van der Waals surface area contributed by atoms with Gasteiger partial charge in [-0.1, -0.05) is 11.6 Å². The van der Waals surface area contributed by atoms with Gasteiger partial charge in [-0.2, -0.15) is 0 Å². The van der Waals surface area contributed by atoms with Crippen molar-refractivity contribution in [2.24, 2.45) is 0 Å². The van der Waals surface area contributed by atoms with Gasteiger partial charge in [0.15, 0.2) is 0 Å². The molecule has 3 aromatic rings. The first-order valence-electron chi connectivity index (χ1n) is 8.32. The van der Waals surface area contributed by atoms with Gasteiger partial charge in [-0.05, 0) is 48.5 Å². The molecule has 0 atom stereocenters. The number of rotatable bonds is 5. The summed E-state index contributed by atoms with van der Waals surface area (Å²) in [6.07, 6.45) is 1.46. The van der Waals surface area contributed by atoms with Crippen LogP contribution >= 0.6 is 11.6 Å². The predicted octanol–water partition coefficient (Wildman–Crippen LogP) is 4.10. The quantitative estimate of drug-likeness (QED) is 0.546. The van der Waals surface area contributed by atoms with Crippen LogP contribution in [0, 0.1) is 5.82 Å². The lowest BCUT2D eigenvalue weighted by atomic mass is 10.2. The molecule has 2 aromatic carbocycles. The van der Waals surface area contributed by atoms with Crippen molar-refractivity contribution in [3.63, 3.8) is 0 Å². The molecule has 7 nitrogen and oxygen atoms in total. The monoisotopic (exact) mass is 415 g/mol. The molecule has 0 fully saturated rings. The summed E-state index contributed by atoms with van der Waals surface area (Å²) in [5.74, 6) is -2.19. The Labute approximate surface area is 169 Å². The number of methoxy groups -OCH3 is 1. The highest BCUT2D eigenvalue weighted by Crippen LogP contribution is 2.20. The van der Waals surface area contributed by atoms with E-state index in [9.17, 15) is 18.8 Å². The maximum Gasteiger partial charge on any atom is 0.340 e. The minimum Gasteiger partial charge on any atom is -0.465 e. The van der Waals surface area contributed by atoms with Gasteiger partial charge in [0.1, 0.15) is 11.5 Å². The normalized spacial score (nSPS) is 10.3. The summed E-state index contributed by atoms with van der Waals surface area (Å²) in [7, 11) is 1.23. The molecule has 3 N–H and O–H groups in total. The Hall–Kier alpha value is -3.65. The van der Waals surface area contributed by atoms with Crippen LogP contribution < -0.4 is 10.6 Å². The number of H-pyrrole nitrogens is 1. The van der Waals surface area contributed by atoms with Crippen molar-refractivity contribution in [1.29, 1.82) is 0 Å². The lowest BCUT2D eigenvalue weighted by Gasteiger charge is -2.09. The van der Waals surface area contributed by atoms with Crippen molar-refractivity contribution < 1.29 is 23.5 Å². The first-order valence-corrected chi connectivity index (χ1v) is 8.70. The largest absolute Gasteiger partial charge is 0.465 e. The molecular formula is C20H15ClFN3O4. The molecule has 0 saturated heterocycles. The van der Waals surface area contributed by atoms with Crippen molar-refractivity contribution in [3.8, 4) is 0 Å². The molecule has 29 heavy (non-hydrogen) atoms. The first-order chi connectivity index (χ1) is 13.9. The van der Waals surface area contributed by atoms with Crippen molar-refractivity contribution >= 4 is 40.8 Å². The molecule has 0 aliphatic heterocycles. The highest BCUT2D eigenvalue weighted by atomic mass is 35.5. The van der Waals surface area contributed by atoms with E-state index in [0.29, 0.717) is 11.4 Å². The van der Waals surface area contributed by atoms with Crippen molar-refractivity contribution in [3.05, 3.63) is 82.4 Å². The molecule has 9 heteroatoms. The average Bonchev–Trinajstić information content (AvgIpc) is 3.19. The second-order valence-corrected chi connectivity index (χ2v) is 6.27. The van der Waals surface area contributed by atoms with Crippen LogP contribution in [0.3, 0.4) is 0 Å². The van der Waals surface area contributed by atoms with Gasteiger partial charge in [0.05, 0.1) is 23.3 Å². The van der Waals surface area contributed by atoms with Crippen LogP contribution in [0.2, 0.25) is 5.02 Å². The van der Waals surface area contributed by atoms with Gasteiger partial charge in [0.25, 0.3) is 11.8 Å². The fourth-order valence-corrected chi connectivity index (χ4v) is 2.79. The highest BCUT2D eigenvalue weighted by Gasteiger charge is 2.19. The van der Waals surface area contributed by atoms with Gasteiger partial charge < -0.3 is 20.4 Å². The van der Waals surface area contributed by atoms with Gasteiger partial charge >= 0.3 is 5.97 Å². The first kappa shape index (κ1) is 20.1. The predicted molar refractivity (Wildman–Crippen MR) is 106 cm³/mol. The van der Waals surface area contributed by atoms with Crippen molar-refractivity contribution in [1.82, 2.24) is 4.98 Å². The van der Waals surface area contributed by atoms with Gasteiger partial charge in [0.2, 0.25) is 0 Å². The Balaban J connectivity index is 1.67. The third-order valence-corrected chi connectivity index (χ3v) is 4.27. The van der Waals surface area contributed by atoms with Crippen LogP contribution in [-0.4, -0.2) is 29.9 Å². The molecule has 1 heterocycles. The number of carbonyl (C=O) groups excluding carboxylic acids is 3. The van der Waals surface area contributed by atoms with E-state index in [1.165, 1.54) is 25.4 Å². The van der Waals surface area contributed by atoms with E-state index in [4.69, 9.17) is 11.6 Å². The molecule has 0 aliphatic carbocycles. The Kier molecular flexibility index (Phi) is 5.94. The smallest absolute Gasteiger partial charge is 0.340 e.